The summed E-state index contributed by atoms with van der Waals surface area (Å²) in [6, 6.07) is 9.02. The highest BCUT2D eigenvalue weighted by Crippen LogP contribution is 2.41. The third-order valence-corrected chi connectivity index (χ3v) is 5.91. The summed E-state index contributed by atoms with van der Waals surface area (Å²) < 4.78 is 0. The van der Waals surface area contributed by atoms with E-state index in [4.69, 9.17) is 16.6 Å². The molecule has 1 aliphatic heterocycles. The van der Waals surface area contributed by atoms with Crippen LogP contribution in [0.25, 0.3) is 0 Å². The summed E-state index contributed by atoms with van der Waals surface area (Å²) in [5, 5.41) is 7.53. The Morgan fingerprint density at radius 3 is 2.62 bits per heavy atom. The number of guanidine groups is 1. The van der Waals surface area contributed by atoms with E-state index < -0.39 is 0 Å². The predicted octanol–water partition coefficient (Wildman–Crippen LogP) is 2.68. The number of benzene rings is 1. The van der Waals surface area contributed by atoms with Crippen LogP contribution in [0.1, 0.15) is 37.7 Å². The van der Waals surface area contributed by atoms with Crippen molar-refractivity contribution in [1.29, 1.82) is 0 Å². The molecule has 1 aromatic carbocycles. The molecule has 0 bridgehead atoms. The third-order valence-electron chi connectivity index (χ3n) is 5.67. The fourth-order valence-electron chi connectivity index (χ4n) is 3.83. The van der Waals surface area contributed by atoms with Crippen molar-refractivity contribution in [3.63, 3.8) is 0 Å². The largest absolute Gasteiger partial charge is 0.353 e. The Labute approximate surface area is 195 Å². The summed E-state index contributed by atoms with van der Waals surface area (Å²) in [4.78, 5) is 21.3. The molecule has 2 aliphatic carbocycles. The lowest BCUT2D eigenvalue weighted by molar-refractivity contribution is -0.122. The van der Waals surface area contributed by atoms with Crippen LogP contribution in [0.3, 0.4) is 0 Å². The Morgan fingerprint density at radius 1 is 1.21 bits per heavy atom. The van der Waals surface area contributed by atoms with Crippen molar-refractivity contribution in [1.82, 2.24) is 20.4 Å². The smallest absolute Gasteiger partial charge is 0.234 e. The standard InChI is InChI=1S/C21H30ClN5O.HI/c1-2-23-21(25-19-13-18(19)15-4-3-5-16(22)12-15)27-10-8-26(9-11-27)14-20(28)24-17-6-7-17;/h3-5,12,17-19H,2,6-11,13-14H2,1H3,(H,23,25)(H,24,28);1H. The SMILES string of the molecule is CCN=C(NC1CC1c1cccc(Cl)c1)N1CCN(CC(=O)NC2CC2)CC1.I. The van der Waals surface area contributed by atoms with Crippen molar-refractivity contribution in [3.8, 4) is 0 Å². The molecular formula is C21H31ClIN5O. The molecule has 4 rings (SSSR count). The van der Waals surface area contributed by atoms with Crippen LogP contribution in [0.2, 0.25) is 5.02 Å². The van der Waals surface area contributed by atoms with Gasteiger partial charge in [-0.2, -0.15) is 0 Å². The van der Waals surface area contributed by atoms with E-state index in [1.807, 2.05) is 12.1 Å². The highest BCUT2D eigenvalue weighted by molar-refractivity contribution is 14.0. The average molecular weight is 532 g/mol. The number of nitrogens with zero attached hydrogens (tertiary/aromatic N) is 3. The molecule has 0 aromatic heterocycles. The maximum Gasteiger partial charge on any atom is 0.234 e. The first kappa shape index (κ1) is 22.6. The van der Waals surface area contributed by atoms with Gasteiger partial charge in [-0.25, -0.2) is 0 Å². The minimum absolute atomic E-state index is 0. The first-order valence-electron chi connectivity index (χ1n) is 10.5. The van der Waals surface area contributed by atoms with E-state index in [9.17, 15) is 4.79 Å². The molecule has 2 unspecified atom stereocenters. The fourth-order valence-corrected chi connectivity index (χ4v) is 4.03. The van der Waals surface area contributed by atoms with Gasteiger partial charge < -0.3 is 15.5 Å². The van der Waals surface area contributed by atoms with Gasteiger partial charge in [-0.3, -0.25) is 14.7 Å². The van der Waals surface area contributed by atoms with Crippen LogP contribution in [0.5, 0.6) is 0 Å². The van der Waals surface area contributed by atoms with Crippen molar-refractivity contribution in [2.45, 2.75) is 44.2 Å². The molecular weight excluding hydrogens is 501 g/mol. The van der Waals surface area contributed by atoms with Crippen LogP contribution in [-0.2, 0) is 4.79 Å². The molecule has 160 valence electrons. The van der Waals surface area contributed by atoms with Gasteiger partial charge in [0, 0.05) is 55.7 Å². The van der Waals surface area contributed by atoms with Gasteiger partial charge >= 0.3 is 0 Å². The van der Waals surface area contributed by atoms with Gasteiger partial charge in [0.1, 0.15) is 0 Å². The molecule has 3 fully saturated rings. The second-order valence-corrected chi connectivity index (χ2v) is 8.49. The molecule has 1 amide bonds. The Morgan fingerprint density at radius 2 is 1.97 bits per heavy atom. The number of amides is 1. The third kappa shape index (κ3) is 6.46. The normalized spacial score (nSPS) is 24.6. The minimum atomic E-state index is 0. The summed E-state index contributed by atoms with van der Waals surface area (Å²) in [6.07, 6.45) is 3.39. The molecule has 0 spiro atoms. The highest BCUT2D eigenvalue weighted by Gasteiger charge is 2.40. The van der Waals surface area contributed by atoms with Crippen molar-refractivity contribution < 1.29 is 4.79 Å². The molecule has 8 heteroatoms. The lowest BCUT2D eigenvalue weighted by atomic mass is 10.1. The van der Waals surface area contributed by atoms with Gasteiger partial charge in [-0.1, -0.05) is 23.7 Å². The van der Waals surface area contributed by atoms with Crippen LogP contribution in [-0.4, -0.2) is 73.0 Å². The molecule has 29 heavy (non-hydrogen) atoms. The lowest BCUT2D eigenvalue weighted by Gasteiger charge is -2.36. The van der Waals surface area contributed by atoms with Crippen LogP contribution in [0, 0.1) is 0 Å². The molecule has 1 heterocycles. The average Bonchev–Trinajstić information content (AvgIpc) is 3.59. The number of aliphatic imine (C=N–C) groups is 1. The second-order valence-electron chi connectivity index (χ2n) is 8.05. The van der Waals surface area contributed by atoms with E-state index in [1.54, 1.807) is 0 Å². The maximum absolute atomic E-state index is 12.0. The Kier molecular flexibility index (Phi) is 8.04. The van der Waals surface area contributed by atoms with Crippen molar-refractivity contribution in [3.05, 3.63) is 34.9 Å². The summed E-state index contributed by atoms with van der Waals surface area (Å²) >= 11 is 6.14. The number of carbonyl (C=O) groups is 1. The quantitative estimate of drug-likeness (QED) is 0.337. The maximum atomic E-state index is 12.0. The van der Waals surface area contributed by atoms with Crippen LogP contribution >= 0.6 is 35.6 Å². The summed E-state index contributed by atoms with van der Waals surface area (Å²) in [6.45, 7) is 6.93. The number of rotatable bonds is 6. The topological polar surface area (TPSA) is 60.0 Å². The number of piperazine rings is 1. The van der Waals surface area contributed by atoms with E-state index in [-0.39, 0.29) is 29.9 Å². The first-order chi connectivity index (χ1) is 13.6. The van der Waals surface area contributed by atoms with E-state index in [0.29, 0.717) is 24.5 Å². The molecule has 0 radical (unpaired) electrons. The van der Waals surface area contributed by atoms with Crippen LogP contribution in [0.4, 0.5) is 0 Å². The summed E-state index contributed by atoms with van der Waals surface area (Å²) in [5.74, 6) is 1.67. The molecule has 2 N–H and O–H groups in total. The van der Waals surface area contributed by atoms with Crippen LogP contribution < -0.4 is 10.6 Å². The van der Waals surface area contributed by atoms with Gasteiger partial charge in [-0.05, 0) is 43.9 Å². The number of halogens is 2. The number of hydrogen-bond donors (Lipinski definition) is 2. The highest BCUT2D eigenvalue weighted by atomic mass is 127. The number of nitrogens with one attached hydrogen (secondary N) is 2. The fraction of sp³-hybridized carbons (Fsp3) is 0.619. The Balaban J connectivity index is 0.00000240. The van der Waals surface area contributed by atoms with Crippen molar-refractivity contribution in [2.75, 3.05) is 39.3 Å². The Hall–Kier alpha value is -1.06. The second kappa shape index (κ2) is 10.3. The van der Waals surface area contributed by atoms with Gasteiger partial charge in [-0.15, -0.1) is 24.0 Å². The number of carbonyl (C=O) groups excluding carboxylic acids is 1. The lowest BCUT2D eigenvalue weighted by Crippen LogP contribution is -2.54. The monoisotopic (exact) mass is 531 g/mol. The summed E-state index contributed by atoms with van der Waals surface area (Å²) in [7, 11) is 0. The molecule has 1 saturated heterocycles. The van der Waals surface area contributed by atoms with E-state index >= 15 is 0 Å². The van der Waals surface area contributed by atoms with E-state index in [2.05, 4.69) is 39.5 Å². The van der Waals surface area contributed by atoms with Gasteiger partial charge in [0.15, 0.2) is 5.96 Å². The van der Waals surface area contributed by atoms with Gasteiger partial charge in [0.2, 0.25) is 5.91 Å². The zero-order valence-corrected chi connectivity index (χ0v) is 20.0. The van der Waals surface area contributed by atoms with Crippen molar-refractivity contribution >= 4 is 47.4 Å². The van der Waals surface area contributed by atoms with E-state index in [0.717, 1.165) is 63.0 Å². The predicted molar refractivity (Wildman–Crippen MR) is 128 cm³/mol. The number of hydrogen-bond acceptors (Lipinski definition) is 3. The Bertz CT molecular complexity index is 734. The van der Waals surface area contributed by atoms with Gasteiger partial charge in [0.05, 0.1) is 6.54 Å². The molecule has 3 aliphatic rings. The molecule has 1 aromatic rings. The molecule has 2 saturated carbocycles. The molecule has 6 nitrogen and oxygen atoms in total. The minimum Gasteiger partial charge on any atom is -0.353 e. The first-order valence-corrected chi connectivity index (χ1v) is 10.8. The van der Waals surface area contributed by atoms with Crippen LogP contribution in [0.15, 0.2) is 29.3 Å². The summed E-state index contributed by atoms with van der Waals surface area (Å²) in [5.41, 5.74) is 1.30. The molecule has 2 atom stereocenters. The van der Waals surface area contributed by atoms with E-state index in [1.165, 1.54) is 5.56 Å². The van der Waals surface area contributed by atoms with Gasteiger partial charge in [0.25, 0.3) is 0 Å². The van der Waals surface area contributed by atoms with Crippen molar-refractivity contribution in [2.24, 2.45) is 4.99 Å². The zero-order valence-electron chi connectivity index (χ0n) is 16.9. The zero-order chi connectivity index (χ0) is 19.5.